The molecule has 0 aliphatic heterocycles. The summed E-state index contributed by atoms with van der Waals surface area (Å²) in [6.45, 7) is 3.71. The summed E-state index contributed by atoms with van der Waals surface area (Å²) < 4.78 is 12.8. The van der Waals surface area contributed by atoms with Crippen molar-refractivity contribution in [3.05, 3.63) is 56.0 Å². The SMILES string of the molecule is CCOc1cc(CNC2CCCCC2)cc(Br)c1OCc1ccc(Cl)cc1Cl.Cl. The number of rotatable bonds is 8. The molecule has 2 aromatic rings. The van der Waals surface area contributed by atoms with Crippen LogP contribution in [0.3, 0.4) is 0 Å². The number of hydrogen-bond acceptors (Lipinski definition) is 3. The minimum Gasteiger partial charge on any atom is -0.490 e. The van der Waals surface area contributed by atoms with E-state index in [0.717, 1.165) is 22.3 Å². The Bertz CT molecular complexity index is 798. The van der Waals surface area contributed by atoms with Crippen molar-refractivity contribution < 1.29 is 9.47 Å². The maximum atomic E-state index is 6.26. The van der Waals surface area contributed by atoms with E-state index in [1.54, 1.807) is 6.07 Å². The second-order valence-corrected chi connectivity index (χ2v) is 8.78. The molecule has 0 bridgehead atoms. The molecule has 0 amide bonds. The minimum atomic E-state index is 0. The fourth-order valence-corrected chi connectivity index (χ4v) is 4.55. The van der Waals surface area contributed by atoms with E-state index >= 15 is 0 Å². The van der Waals surface area contributed by atoms with Crippen LogP contribution in [0.5, 0.6) is 11.5 Å². The van der Waals surface area contributed by atoms with Crippen LogP contribution in [0.15, 0.2) is 34.8 Å². The minimum absolute atomic E-state index is 0. The smallest absolute Gasteiger partial charge is 0.175 e. The zero-order valence-corrected chi connectivity index (χ0v) is 20.4. The monoisotopic (exact) mass is 521 g/mol. The van der Waals surface area contributed by atoms with Crippen LogP contribution in [0.25, 0.3) is 0 Å². The van der Waals surface area contributed by atoms with Crippen LogP contribution in [0.2, 0.25) is 10.0 Å². The zero-order valence-electron chi connectivity index (χ0n) is 16.5. The molecule has 7 heteroatoms. The Kier molecular flexibility index (Phi) is 10.4. The molecule has 0 saturated heterocycles. The van der Waals surface area contributed by atoms with Crippen LogP contribution in [0, 0.1) is 0 Å². The average molecular weight is 524 g/mol. The molecule has 1 aliphatic carbocycles. The van der Waals surface area contributed by atoms with E-state index in [9.17, 15) is 0 Å². The molecule has 0 heterocycles. The Morgan fingerprint density at radius 1 is 1.07 bits per heavy atom. The molecular formula is C22H27BrCl3NO2. The Hall–Kier alpha value is -0.650. The van der Waals surface area contributed by atoms with Crippen molar-refractivity contribution in [1.29, 1.82) is 0 Å². The standard InChI is InChI=1S/C22H26BrCl2NO2.ClH/c1-2-27-21-11-15(13-26-18-6-4-3-5-7-18)10-19(23)22(21)28-14-16-8-9-17(24)12-20(16)25;/h8-12,18,26H,2-7,13-14H2,1H3;1H. The third-order valence-electron chi connectivity index (χ3n) is 4.96. The van der Waals surface area contributed by atoms with Crippen LogP contribution in [0.1, 0.15) is 50.2 Å². The fraction of sp³-hybridized carbons (Fsp3) is 0.455. The Morgan fingerprint density at radius 2 is 1.83 bits per heavy atom. The van der Waals surface area contributed by atoms with E-state index < -0.39 is 0 Å². The predicted molar refractivity (Wildman–Crippen MR) is 127 cm³/mol. The average Bonchev–Trinajstić information content (AvgIpc) is 2.68. The number of benzene rings is 2. The Balaban J connectivity index is 0.00000300. The van der Waals surface area contributed by atoms with Crippen molar-refractivity contribution in [1.82, 2.24) is 5.32 Å². The Morgan fingerprint density at radius 3 is 2.52 bits per heavy atom. The first kappa shape index (κ1) is 24.6. The summed E-state index contributed by atoms with van der Waals surface area (Å²) >= 11 is 15.9. The van der Waals surface area contributed by atoms with E-state index in [0.29, 0.717) is 35.1 Å². The summed E-state index contributed by atoms with van der Waals surface area (Å²) in [7, 11) is 0. The maximum absolute atomic E-state index is 6.26. The van der Waals surface area contributed by atoms with Gasteiger partial charge in [-0.15, -0.1) is 12.4 Å². The lowest BCUT2D eigenvalue weighted by Crippen LogP contribution is -2.30. The van der Waals surface area contributed by atoms with Gasteiger partial charge < -0.3 is 14.8 Å². The topological polar surface area (TPSA) is 30.5 Å². The van der Waals surface area contributed by atoms with Crippen LogP contribution < -0.4 is 14.8 Å². The lowest BCUT2D eigenvalue weighted by Gasteiger charge is -2.23. The highest BCUT2D eigenvalue weighted by molar-refractivity contribution is 9.10. The van der Waals surface area contributed by atoms with E-state index in [1.165, 1.54) is 37.7 Å². The van der Waals surface area contributed by atoms with Crippen LogP contribution in [-0.2, 0) is 13.2 Å². The summed E-state index contributed by atoms with van der Waals surface area (Å²) in [5.41, 5.74) is 2.06. The third-order valence-corrected chi connectivity index (χ3v) is 6.13. The van der Waals surface area contributed by atoms with Crippen molar-refractivity contribution in [2.75, 3.05) is 6.61 Å². The molecule has 29 heavy (non-hydrogen) atoms. The van der Waals surface area contributed by atoms with Gasteiger partial charge in [0.1, 0.15) is 6.61 Å². The van der Waals surface area contributed by atoms with Gasteiger partial charge in [0, 0.05) is 28.2 Å². The summed E-state index contributed by atoms with van der Waals surface area (Å²) in [6.07, 6.45) is 6.55. The number of nitrogens with one attached hydrogen (secondary N) is 1. The lowest BCUT2D eigenvalue weighted by molar-refractivity contribution is 0.267. The number of halogens is 4. The molecule has 2 aromatic carbocycles. The van der Waals surface area contributed by atoms with Gasteiger partial charge in [-0.1, -0.05) is 48.5 Å². The normalized spacial score (nSPS) is 14.3. The molecule has 160 valence electrons. The van der Waals surface area contributed by atoms with Crippen molar-refractivity contribution in [2.24, 2.45) is 0 Å². The molecule has 0 radical (unpaired) electrons. The van der Waals surface area contributed by atoms with Gasteiger partial charge in [0.05, 0.1) is 11.1 Å². The highest BCUT2D eigenvalue weighted by atomic mass is 79.9. The van der Waals surface area contributed by atoms with Crippen molar-refractivity contribution in [2.45, 2.75) is 58.2 Å². The third kappa shape index (κ3) is 7.22. The highest BCUT2D eigenvalue weighted by Crippen LogP contribution is 2.38. The van der Waals surface area contributed by atoms with Crippen molar-refractivity contribution in [3.63, 3.8) is 0 Å². The van der Waals surface area contributed by atoms with Crippen LogP contribution in [-0.4, -0.2) is 12.6 Å². The second-order valence-electron chi connectivity index (χ2n) is 7.08. The van der Waals surface area contributed by atoms with E-state index in [2.05, 4.69) is 33.4 Å². The first-order valence-electron chi connectivity index (χ1n) is 9.82. The van der Waals surface area contributed by atoms with Crippen LogP contribution in [0.4, 0.5) is 0 Å². The molecule has 1 fully saturated rings. The van der Waals surface area contributed by atoms with Gasteiger partial charge in [-0.25, -0.2) is 0 Å². The van der Waals surface area contributed by atoms with Gasteiger partial charge in [-0.2, -0.15) is 0 Å². The number of ether oxygens (including phenoxy) is 2. The fourth-order valence-electron chi connectivity index (χ4n) is 3.48. The zero-order chi connectivity index (χ0) is 19.9. The molecule has 1 aliphatic rings. The van der Waals surface area contributed by atoms with Gasteiger partial charge in [0.15, 0.2) is 11.5 Å². The van der Waals surface area contributed by atoms with Gasteiger partial charge in [0.2, 0.25) is 0 Å². The van der Waals surface area contributed by atoms with E-state index in [4.69, 9.17) is 32.7 Å². The molecule has 0 aromatic heterocycles. The molecular weight excluding hydrogens is 497 g/mol. The molecule has 1 saturated carbocycles. The van der Waals surface area contributed by atoms with Crippen molar-refractivity contribution in [3.8, 4) is 11.5 Å². The molecule has 0 atom stereocenters. The largest absolute Gasteiger partial charge is 0.490 e. The summed E-state index contributed by atoms with van der Waals surface area (Å²) in [4.78, 5) is 0. The first-order valence-corrected chi connectivity index (χ1v) is 11.4. The van der Waals surface area contributed by atoms with E-state index in [1.807, 2.05) is 19.1 Å². The Labute approximate surface area is 198 Å². The van der Waals surface area contributed by atoms with Gasteiger partial charge in [-0.05, 0) is 65.5 Å². The molecule has 0 unspecified atom stereocenters. The van der Waals surface area contributed by atoms with Gasteiger partial charge in [-0.3, -0.25) is 0 Å². The molecule has 0 spiro atoms. The maximum Gasteiger partial charge on any atom is 0.175 e. The molecule has 3 rings (SSSR count). The summed E-state index contributed by atoms with van der Waals surface area (Å²) in [5, 5.41) is 4.88. The van der Waals surface area contributed by atoms with Gasteiger partial charge in [0.25, 0.3) is 0 Å². The summed E-state index contributed by atoms with van der Waals surface area (Å²) in [5.74, 6) is 1.43. The first-order chi connectivity index (χ1) is 13.6. The molecule has 3 nitrogen and oxygen atoms in total. The quantitative estimate of drug-likeness (QED) is 0.387. The molecule has 1 N–H and O–H groups in total. The second kappa shape index (κ2) is 12.3. The van der Waals surface area contributed by atoms with Crippen LogP contribution >= 0.6 is 51.5 Å². The van der Waals surface area contributed by atoms with Gasteiger partial charge >= 0.3 is 0 Å². The lowest BCUT2D eigenvalue weighted by atomic mass is 9.95. The predicted octanol–water partition coefficient (Wildman–Crippen LogP) is 7.58. The number of hydrogen-bond donors (Lipinski definition) is 1. The highest BCUT2D eigenvalue weighted by Gasteiger charge is 2.16. The summed E-state index contributed by atoms with van der Waals surface area (Å²) in [6, 6.07) is 10.2. The van der Waals surface area contributed by atoms with E-state index in [-0.39, 0.29) is 12.4 Å². The van der Waals surface area contributed by atoms with Crippen molar-refractivity contribution >= 4 is 51.5 Å².